The third-order valence-corrected chi connectivity index (χ3v) is 6.47. The second-order valence-electron chi connectivity index (χ2n) is 4.60. The maximum atomic E-state index is 12.2. The van der Waals surface area contributed by atoms with Crippen molar-refractivity contribution in [1.82, 2.24) is 5.32 Å². The van der Waals surface area contributed by atoms with Crippen LogP contribution in [0.25, 0.3) is 0 Å². The lowest BCUT2D eigenvalue weighted by Crippen LogP contribution is -2.23. The first kappa shape index (κ1) is 14.3. The van der Waals surface area contributed by atoms with Crippen LogP contribution >= 0.6 is 43.2 Å². The summed E-state index contributed by atoms with van der Waals surface area (Å²) >= 11 is 8.21. The summed E-state index contributed by atoms with van der Waals surface area (Å²) in [5.41, 5.74) is 3.48. The average molecular weight is 416 g/mol. The van der Waals surface area contributed by atoms with Crippen LogP contribution < -0.4 is 10.6 Å². The number of halogens is 2. The number of carbonyl (C=O) groups excluding carboxylic acids is 1. The summed E-state index contributed by atoms with van der Waals surface area (Å²) in [7, 11) is 0. The first-order chi connectivity index (χ1) is 9.63. The molecule has 1 aromatic heterocycles. The molecule has 1 aromatic carbocycles. The van der Waals surface area contributed by atoms with Gasteiger partial charge in [-0.3, -0.25) is 4.79 Å². The highest BCUT2D eigenvalue weighted by Crippen LogP contribution is 2.32. The Hall–Kier alpha value is -0.690. The van der Waals surface area contributed by atoms with Gasteiger partial charge in [0.2, 0.25) is 0 Å². The van der Waals surface area contributed by atoms with Gasteiger partial charge in [-0.2, -0.15) is 0 Å². The van der Waals surface area contributed by atoms with Crippen molar-refractivity contribution in [3.05, 3.63) is 48.5 Å². The quantitative estimate of drug-likeness (QED) is 0.772. The topological polar surface area (TPSA) is 41.1 Å². The third kappa shape index (κ3) is 2.98. The fourth-order valence-electron chi connectivity index (χ4n) is 2.21. The van der Waals surface area contributed by atoms with Crippen molar-refractivity contribution in [2.45, 2.75) is 13.0 Å². The molecular formula is C14H12Br2N2OS. The van der Waals surface area contributed by atoms with Crippen LogP contribution in [0.15, 0.2) is 32.5 Å². The largest absolute Gasteiger partial charge is 0.321 e. The molecule has 2 heterocycles. The number of amides is 1. The Morgan fingerprint density at radius 1 is 1.25 bits per heavy atom. The van der Waals surface area contributed by atoms with Crippen LogP contribution in [0, 0.1) is 0 Å². The van der Waals surface area contributed by atoms with E-state index >= 15 is 0 Å². The first-order valence-corrected chi connectivity index (χ1v) is 8.62. The van der Waals surface area contributed by atoms with Crippen molar-refractivity contribution < 1.29 is 4.79 Å². The standard InChI is InChI=1S/C14H12Br2N2OS/c15-11-6-12(20-13(11)16)14(19)18-10-2-1-8-3-4-17-7-9(8)5-10/h1-2,5-6,17H,3-4,7H2,(H,18,19). The van der Waals surface area contributed by atoms with E-state index in [-0.39, 0.29) is 5.91 Å². The molecule has 3 nitrogen and oxygen atoms in total. The number of fused-ring (bicyclic) bond motifs is 1. The summed E-state index contributed by atoms with van der Waals surface area (Å²) < 4.78 is 1.83. The molecule has 0 fully saturated rings. The zero-order valence-corrected chi connectivity index (χ0v) is 14.5. The predicted molar refractivity (Wildman–Crippen MR) is 89.5 cm³/mol. The highest BCUT2D eigenvalue weighted by Gasteiger charge is 2.14. The molecule has 0 spiro atoms. The number of hydrogen-bond donors (Lipinski definition) is 2. The molecule has 0 atom stereocenters. The van der Waals surface area contributed by atoms with Gasteiger partial charge < -0.3 is 10.6 Å². The molecular weight excluding hydrogens is 404 g/mol. The van der Waals surface area contributed by atoms with Crippen molar-refractivity contribution in [2.24, 2.45) is 0 Å². The molecule has 0 aliphatic carbocycles. The van der Waals surface area contributed by atoms with Gasteiger partial charge in [0, 0.05) is 16.7 Å². The van der Waals surface area contributed by atoms with E-state index in [4.69, 9.17) is 0 Å². The Bertz CT molecular complexity index is 650. The van der Waals surface area contributed by atoms with E-state index in [0.29, 0.717) is 4.88 Å². The number of carbonyl (C=O) groups is 1. The fourth-order valence-corrected chi connectivity index (χ4v) is 4.14. The van der Waals surface area contributed by atoms with Crippen LogP contribution in [0.2, 0.25) is 0 Å². The SMILES string of the molecule is O=C(Nc1ccc2c(c1)CNCC2)c1cc(Br)c(Br)s1. The van der Waals surface area contributed by atoms with E-state index in [1.165, 1.54) is 22.5 Å². The van der Waals surface area contributed by atoms with Gasteiger partial charge in [0.15, 0.2) is 0 Å². The second-order valence-corrected chi connectivity index (χ2v) is 7.82. The second kappa shape index (κ2) is 5.97. The van der Waals surface area contributed by atoms with E-state index in [9.17, 15) is 4.79 Å². The monoisotopic (exact) mass is 414 g/mol. The molecule has 1 amide bonds. The zero-order valence-electron chi connectivity index (χ0n) is 10.5. The number of anilines is 1. The molecule has 0 saturated heterocycles. The van der Waals surface area contributed by atoms with Crippen molar-refractivity contribution in [1.29, 1.82) is 0 Å². The molecule has 20 heavy (non-hydrogen) atoms. The first-order valence-electron chi connectivity index (χ1n) is 6.22. The lowest BCUT2D eigenvalue weighted by molar-refractivity contribution is 0.103. The van der Waals surface area contributed by atoms with Crippen LogP contribution in [0.3, 0.4) is 0 Å². The minimum atomic E-state index is -0.0786. The lowest BCUT2D eigenvalue weighted by Gasteiger charge is -2.18. The van der Waals surface area contributed by atoms with Gasteiger partial charge in [-0.1, -0.05) is 6.07 Å². The number of benzene rings is 1. The highest BCUT2D eigenvalue weighted by atomic mass is 79.9. The molecule has 0 saturated carbocycles. The number of nitrogens with one attached hydrogen (secondary N) is 2. The molecule has 1 aliphatic rings. The summed E-state index contributed by atoms with van der Waals surface area (Å²) in [6, 6.07) is 7.95. The average Bonchev–Trinajstić information content (AvgIpc) is 2.79. The highest BCUT2D eigenvalue weighted by molar-refractivity contribution is 9.13. The Kier molecular flexibility index (Phi) is 4.26. The predicted octanol–water partition coefficient (Wildman–Crippen LogP) is 4.17. The summed E-state index contributed by atoms with van der Waals surface area (Å²) in [4.78, 5) is 12.9. The maximum Gasteiger partial charge on any atom is 0.265 e. The normalized spacial score (nSPS) is 13.9. The molecule has 2 N–H and O–H groups in total. The van der Waals surface area contributed by atoms with Gasteiger partial charge in [-0.25, -0.2) is 0 Å². The molecule has 3 rings (SSSR count). The minimum Gasteiger partial charge on any atom is -0.321 e. The van der Waals surface area contributed by atoms with Gasteiger partial charge >= 0.3 is 0 Å². The van der Waals surface area contributed by atoms with Gasteiger partial charge in [0.25, 0.3) is 5.91 Å². The number of rotatable bonds is 2. The Labute approximate surface area is 138 Å². The van der Waals surface area contributed by atoms with Crippen molar-refractivity contribution in [3.8, 4) is 0 Å². The van der Waals surface area contributed by atoms with Crippen molar-refractivity contribution in [2.75, 3.05) is 11.9 Å². The maximum absolute atomic E-state index is 12.2. The summed E-state index contributed by atoms with van der Waals surface area (Å²) in [5.74, 6) is -0.0786. The fraction of sp³-hybridized carbons (Fsp3) is 0.214. The van der Waals surface area contributed by atoms with E-state index in [1.54, 1.807) is 0 Å². The van der Waals surface area contributed by atoms with Crippen molar-refractivity contribution >= 4 is 54.8 Å². The van der Waals surface area contributed by atoms with E-state index in [0.717, 1.165) is 33.5 Å². The van der Waals surface area contributed by atoms with Crippen LogP contribution in [0.5, 0.6) is 0 Å². The molecule has 2 aromatic rings. The Morgan fingerprint density at radius 2 is 2.10 bits per heavy atom. The summed E-state index contributed by atoms with van der Waals surface area (Å²) in [6.07, 6.45) is 1.05. The van der Waals surface area contributed by atoms with E-state index in [1.807, 2.05) is 12.1 Å². The van der Waals surface area contributed by atoms with Crippen LogP contribution in [-0.4, -0.2) is 12.5 Å². The molecule has 1 aliphatic heterocycles. The van der Waals surface area contributed by atoms with Crippen molar-refractivity contribution in [3.63, 3.8) is 0 Å². The van der Waals surface area contributed by atoms with Gasteiger partial charge in [0.05, 0.1) is 8.66 Å². The van der Waals surface area contributed by atoms with E-state index in [2.05, 4.69) is 54.6 Å². The van der Waals surface area contributed by atoms with Gasteiger partial charge in [0.1, 0.15) is 0 Å². The molecule has 104 valence electrons. The molecule has 6 heteroatoms. The zero-order chi connectivity index (χ0) is 14.1. The number of hydrogen-bond acceptors (Lipinski definition) is 3. The lowest BCUT2D eigenvalue weighted by atomic mass is 10.0. The summed E-state index contributed by atoms with van der Waals surface area (Å²) in [6.45, 7) is 1.89. The van der Waals surface area contributed by atoms with Crippen LogP contribution in [-0.2, 0) is 13.0 Å². The molecule has 0 radical (unpaired) electrons. The van der Waals surface area contributed by atoms with E-state index < -0.39 is 0 Å². The van der Waals surface area contributed by atoms with Crippen LogP contribution in [0.4, 0.5) is 5.69 Å². The Balaban J connectivity index is 1.79. The number of thiophene rings is 1. The van der Waals surface area contributed by atoms with Crippen LogP contribution in [0.1, 0.15) is 20.8 Å². The Morgan fingerprint density at radius 3 is 2.85 bits per heavy atom. The van der Waals surface area contributed by atoms with Gasteiger partial charge in [-0.15, -0.1) is 11.3 Å². The smallest absolute Gasteiger partial charge is 0.265 e. The summed E-state index contributed by atoms with van der Waals surface area (Å²) in [5, 5.41) is 6.29. The molecule has 0 unspecified atom stereocenters. The third-order valence-electron chi connectivity index (χ3n) is 3.22. The minimum absolute atomic E-state index is 0.0786. The van der Waals surface area contributed by atoms with Gasteiger partial charge in [-0.05, 0) is 74.2 Å². The molecule has 0 bridgehead atoms.